The third-order valence-corrected chi connectivity index (χ3v) is 14.0. The molecule has 3 aliphatic carbocycles. The molecule has 7 atom stereocenters. The average Bonchev–Trinajstić information content (AvgIpc) is 3.32. The van der Waals surface area contributed by atoms with Gasteiger partial charge in [-0.15, -0.1) is 0 Å². The molecule has 1 aromatic carbocycles. The van der Waals surface area contributed by atoms with Gasteiger partial charge >= 0.3 is 18.2 Å². The summed E-state index contributed by atoms with van der Waals surface area (Å²) in [6.45, 7) is 9.98. The van der Waals surface area contributed by atoms with Crippen LogP contribution in [0.25, 0.3) is 0 Å². The Kier molecular flexibility index (Phi) is 10.9. The van der Waals surface area contributed by atoms with E-state index in [0.29, 0.717) is 24.0 Å². The highest BCUT2D eigenvalue weighted by molar-refractivity contribution is 7.86. The zero-order valence-electron chi connectivity index (χ0n) is 29.5. The first kappa shape index (κ1) is 38.6. The number of carbonyl (C=O) groups is 1. The van der Waals surface area contributed by atoms with Gasteiger partial charge in [0.1, 0.15) is 5.75 Å². The third kappa shape index (κ3) is 7.91. The van der Waals surface area contributed by atoms with Crippen molar-refractivity contribution in [3.8, 4) is 5.75 Å². The van der Waals surface area contributed by atoms with Crippen LogP contribution >= 0.6 is 0 Å². The van der Waals surface area contributed by atoms with Gasteiger partial charge in [0, 0.05) is 40.0 Å². The summed E-state index contributed by atoms with van der Waals surface area (Å²) >= 11 is 0. The van der Waals surface area contributed by atoms with Gasteiger partial charge in [0.05, 0.1) is 6.10 Å². The highest BCUT2D eigenvalue weighted by Gasteiger charge is 2.58. The molecular weight excluding hydrogens is 677 g/mol. The van der Waals surface area contributed by atoms with Crippen molar-refractivity contribution >= 4 is 16.9 Å². The number of nitrogens with zero attached hydrogens (tertiary/aromatic N) is 1. The van der Waals surface area contributed by atoms with Crippen LogP contribution in [0, 0.1) is 28.6 Å². The van der Waals surface area contributed by atoms with Crippen molar-refractivity contribution in [1.82, 2.24) is 4.57 Å². The van der Waals surface area contributed by atoms with Crippen LogP contribution in [0.2, 0.25) is 0 Å². The number of pyridine rings is 1. The van der Waals surface area contributed by atoms with Crippen LogP contribution in [0.1, 0.15) is 109 Å². The monoisotopic (exact) mass is 727 g/mol. The second-order valence-corrected chi connectivity index (χ2v) is 18.7. The van der Waals surface area contributed by atoms with Gasteiger partial charge in [-0.25, -0.2) is 9.36 Å². The largest absolute Gasteiger partial charge is 0.453 e. The second kappa shape index (κ2) is 14.1. The minimum Gasteiger partial charge on any atom is -0.410 e. The number of alkyl halides is 5. The zero-order chi connectivity index (χ0) is 36.9. The maximum atomic E-state index is 13.5. The Labute approximate surface area is 293 Å². The van der Waals surface area contributed by atoms with E-state index in [-0.39, 0.29) is 34.5 Å². The Morgan fingerprint density at radius 2 is 1.76 bits per heavy atom. The molecule has 2 fully saturated rings. The summed E-state index contributed by atoms with van der Waals surface area (Å²) in [6.07, 6.45) is -0.810. The number of ether oxygens (including phenoxy) is 1. The molecule has 0 amide bonds. The quantitative estimate of drug-likeness (QED) is 0.234. The predicted octanol–water partition coefficient (Wildman–Crippen LogP) is 9.04. The Hall–Kier alpha value is -2.60. The lowest BCUT2D eigenvalue weighted by molar-refractivity contribution is -0.284. The van der Waals surface area contributed by atoms with Gasteiger partial charge < -0.3 is 9.84 Å². The third-order valence-electron chi connectivity index (χ3n) is 12.0. The van der Waals surface area contributed by atoms with Crippen LogP contribution in [0.3, 0.4) is 0 Å². The molecule has 12 heteroatoms. The van der Waals surface area contributed by atoms with Crippen molar-refractivity contribution in [2.75, 3.05) is 5.75 Å². The van der Waals surface area contributed by atoms with Crippen molar-refractivity contribution in [2.24, 2.45) is 28.6 Å². The average molecular weight is 728 g/mol. The zero-order valence-corrected chi connectivity index (χ0v) is 30.3. The van der Waals surface area contributed by atoms with Gasteiger partial charge in [-0.05, 0) is 135 Å². The number of benzene rings is 1. The van der Waals surface area contributed by atoms with Crippen LogP contribution in [0.4, 0.5) is 26.7 Å². The van der Waals surface area contributed by atoms with Crippen LogP contribution in [0.5, 0.6) is 5.75 Å². The van der Waals surface area contributed by atoms with Crippen LogP contribution in [-0.4, -0.2) is 48.7 Å². The molecule has 0 saturated heterocycles. The van der Waals surface area contributed by atoms with E-state index in [0.717, 1.165) is 55.1 Å². The molecule has 278 valence electrons. The topological polar surface area (TPSA) is 85.6 Å². The highest BCUT2D eigenvalue weighted by atomic mass is 32.2. The van der Waals surface area contributed by atoms with Gasteiger partial charge in [0.25, 0.3) is 5.56 Å². The van der Waals surface area contributed by atoms with Crippen molar-refractivity contribution in [3.05, 3.63) is 64.1 Å². The Morgan fingerprint density at radius 1 is 1.04 bits per heavy atom. The minimum absolute atomic E-state index is 0.160. The van der Waals surface area contributed by atoms with Crippen molar-refractivity contribution < 1.29 is 40.8 Å². The van der Waals surface area contributed by atoms with E-state index in [1.165, 1.54) is 17.8 Å². The maximum absolute atomic E-state index is 13.5. The smallest absolute Gasteiger partial charge is 0.410 e. The predicted molar refractivity (Wildman–Crippen MR) is 183 cm³/mol. The van der Waals surface area contributed by atoms with E-state index < -0.39 is 52.1 Å². The standard InChI is InChI=1S/C38H50F5NO5S/c1-34(2,23-35(3,4)50(48)20-8-16-37(39,40)38(41,42)43)17-14-24-21-25-22-26(49-33(47)44-19-7-6-9-31(44)46)10-11-27(25)28-15-18-36(5)29(32(24)28)12-13-30(36)45/h6-7,9-11,19,22,24,28-30,32,45H,8,12-18,20-21,23H2,1-5H3/t24-,28-,29+,30+,32-,36+,50?/m1/s1. The number of hydrogen-bond acceptors (Lipinski definition) is 5. The fraction of sp³-hybridized carbons (Fsp3) is 0.684. The van der Waals surface area contributed by atoms with Crippen molar-refractivity contribution in [1.29, 1.82) is 0 Å². The lowest BCUT2D eigenvalue weighted by Crippen LogP contribution is -2.47. The Bertz CT molecular complexity index is 1640. The number of aliphatic hydroxyl groups excluding tert-OH is 1. The second-order valence-electron chi connectivity index (χ2n) is 16.5. The van der Waals surface area contributed by atoms with E-state index in [1.807, 2.05) is 12.1 Å². The summed E-state index contributed by atoms with van der Waals surface area (Å²) in [5.41, 5.74) is 1.38. The molecule has 5 rings (SSSR count). The molecule has 50 heavy (non-hydrogen) atoms. The molecule has 0 aliphatic heterocycles. The lowest BCUT2D eigenvalue weighted by atomic mass is 9.52. The number of fused-ring (bicyclic) bond motifs is 5. The fourth-order valence-electron chi connectivity index (χ4n) is 9.55. The summed E-state index contributed by atoms with van der Waals surface area (Å²) in [5.74, 6) is -3.46. The van der Waals surface area contributed by atoms with Crippen LogP contribution < -0.4 is 10.3 Å². The molecule has 0 bridgehead atoms. The van der Waals surface area contributed by atoms with E-state index >= 15 is 0 Å². The van der Waals surface area contributed by atoms with Crippen LogP contribution in [0.15, 0.2) is 47.4 Å². The first-order valence-corrected chi connectivity index (χ1v) is 19.0. The van der Waals surface area contributed by atoms with Gasteiger partial charge in [-0.1, -0.05) is 32.9 Å². The minimum atomic E-state index is -5.62. The van der Waals surface area contributed by atoms with E-state index in [9.17, 15) is 40.9 Å². The van der Waals surface area contributed by atoms with Gasteiger partial charge in [0.15, 0.2) is 0 Å². The summed E-state index contributed by atoms with van der Waals surface area (Å²) in [4.78, 5) is 25.0. The number of halogens is 5. The molecule has 2 aromatic rings. The molecule has 0 spiro atoms. The fourth-order valence-corrected chi connectivity index (χ4v) is 11.1. The van der Waals surface area contributed by atoms with Gasteiger partial charge in [-0.2, -0.15) is 22.0 Å². The SMILES string of the molecule is CC(C)(CC[C@@H]1Cc2cc(OC(=O)n3ccccc3=O)ccc2[C@H]2CC[C@]3(C)[C@@H](O)CC[C@H]3[C@H]12)CC(C)(C)S(=O)CCCC(F)(F)C(F)(F)F. The number of rotatable bonds is 11. The molecule has 0 radical (unpaired) electrons. The molecular formula is C38H50F5NO5S. The molecule has 2 saturated carbocycles. The normalized spacial score (nSPS) is 27.6. The molecule has 1 N–H and O–H groups in total. The van der Waals surface area contributed by atoms with E-state index in [2.05, 4.69) is 20.8 Å². The number of carbonyl (C=O) groups excluding carboxylic acids is 1. The summed E-state index contributed by atoms with van der Waals surface area (Å²) in [6, 6.07) is 10.2. The van der Waals surface area contributed by atoms with E-state index in [4.69, 9.17) is 4.74 Å². The molecule has 1 aromatic heterocycles. The van der Waals surface area contributed by atoms with Crippen molar-refractivity contribution in [2.45, 2.75) is 128 Å². The number of aromatic nitrogens is 1. The number of hydrogen-bond donors (Lipinski definition) is 1. The van der Waals surface area contributed by atoms with Gasteiger partial charge in [0.2, 0.25) is 0 Å². The van der Waals surface area contributed by atoms with E-state index in [1.54, 1.807) is 32.0 Å². The first-order valence-electron chi connectivity index (χ1n) is 17.7. The van der Waals surface area contributed by atoms with Gasteiger partial charge in [-0.3, -0.25) is 9.00 Å². The molecule has 1 unspecified atom stereocenters. The Morgan fingerprint density at radius 3 is 2.44 bits per heavy atom. The summed E-state index contributed by atoms with van der Waals surface area (Å²) < 4.78 is 83.8. The number of aliphatic hydroxyl groups is 1. The lowest BCUT2D eigenvalue weighted by Gasteiger charge is -2.53. The van der Waals surface area contributed by atoms with Crippen molar-refractivity contribution in [3.63, 3.8) is 0 Å². The summed E-state index contributed by atoms with van der Waals surface area (Å²) in [5, 5.41) is 11.1. The maximum Gasteiger partial charge on any atom is 0.453 e. The molecule has 1 heterocycles. The Balaban J connectivity index is 1.32. The van der Waals surface area contributed by atoms with Crippen LogP contribution in [-0.2, 0) is 17.2 Å². The summed E-state index contributed by atoms with van der Waals surface area (Å²) in [7, 11) is -1.61. The first-order chi connectivity index (χ1) is 23.2. The highest BCUT2D eigenvalue weighted by Crippen LogP contribution is 2.63. The molecule has 6 nitrogen and oxygen atoms in total. The molecule has 3 aliphatic rings.